The number of rotatable bonds is 30. The largest absolute Gasteiger partial charge is 0.474 e. The summed E-state index contributed by atoms with van der Waals surface area (Å²) in [5.74, 6) is 3.77. The molecule has 1 saturated heterocycles. The van der Waals surface area contributed by atoms with Gasteiger partial charge in [0, 0.05) is 0 Å². The molecule has 1 aliphatic rings. The Labute approximate surface area is 294 Å². The Morgan fingerprint density at radius 1 is 0.583 bits per heavy atom. The van der Waals surface area contributed by atoms with Crippen molar-refractivity contribution in [3.63, 3.8) is 0 Å². The highest BCUT2D eigenvalue weighted by molar-refractivity contribution is 7.47. The first-order valence-corrected chi connectivity index (χ1v) is 21.2. The molecular formula is C38H77O9P. The first kappa shape index (κ1) is 45.9. The van der Waals surface area contributed by atoms with Crippen LogP contribution in [0.25, 0.3) is 0 Å². The first-order chi connectivity index (χ1) is 22.8. The fraction of sp³-hybridized carbons (Fsp3) is 1.00. The van der Waals surface area contributed by atoms with Gasteiger partial charge in [-0.1, -0.05) is 157 Å². The summed E-state index contributed by atoms with van der Waals surface area (Å²) in [6.07, 6.45) is 17.6. The third-order valence-corrected chi connectivity index (χ3v) is 11.5. The SMILES string of the molecule is CCCCCCCC(C)CCCC(C)CCCC(C)CCCC(C)CCCC(C)CCCOP(=O)(O)O[C@@H]1O[C@H](CO)[C@@H](O)[C@H](O)[C@@H]1O. The number of unbranched alkanes of at least 4 members (excludes halogenated alkanes) is 4. The first-order valence-electron chi connectivity index (χ1n) is 19.8. The highest BCUT2D eigenvalue weighted by Gasteiger charge is 2.46. The molecule has 11 atom stereocenters. The zero-order valence-corrected chi connectivity index (χ0v) is 32.5. The summed E-state index contributed by atoms with van der Waals surface area (Å²) in [6, 6.07) is 0. The molecule has 0 aromatic carbocycles. The van der Waals surface area contributed by atoms with Crippen LogP contribution in [0.4, 0.5) is 0 Å². The zero-order chi connectivity index (χ0) is 36.0. The molecule has 1 rings (SSSR count). The summed E-state index contributed by atoms with van der Waals surface area (Å²) in [6.45, 7) is 13.5. The lowest BCUT2D eigenvalue weighted by Crippen LogP contribution is -2.58. The second-order valence-corrected chi connectivity index (χ2v) is 17.1. The van der Waals surface area contributed by atoms with Gasteiger partial charge in [-0.2, -0.15) is 0 Å². The topological polar surface area (TPSA) is 146 Å². The molecular weight excluding hydrogens is 631 g/mol. The van der Waals surface area contributed by atoms with Crippen molar-refractivity contribution in [3.05, 3.63) is 0 Å². The normalized spacial score (nSPS) is 26.1. The Morgan fingerprint density at radius 2 is 0.979 bits per heavy atom. The number of phosphoric ester groups is 1. The molecule has 1 aliphatic heterocycles. The average molecular weight is 709 g/mol. The number of hydrogen-bond donors (Lipinski definition) is 5. The molecule has 1 heterocycles. The summed E-state index contributed by atoms with van der Waals surface area (Å²) in [4.78, 5) is 10.0. The molecule has 0 radical (unpaired) electrons. The molecule has 0 bridgehead atoms. The van der Waals surface area contributed by atoms with Crippen LogP contribution in [0.1, 0.15) is 170 Å². The van der Waals surface area contributed by atoms with E-state index in [9.17, 15) is 29.9 Å². The molecule has 0 saturated carbocycles. The van der Waals surface area contributed by atoms with E-state index in [1.165, 1.54) is 109 Å². The molecule has 5 N–H and O–H groups in total. The van der Waals surface area contributed by atoms with E-state index in [-0.39, 0.29) is 6.61 Å². The highest BCUT2D eigenvalue weighted by atomic mass is 31.2. The third-order valence-electron chi connectivity index (χ3n) is 10.6. The molecule has 48 heavy (non-hydrogen) atoms. The number of ether oxygens (including phenoxy) is 1. The van der Waals surface area contributed by atoms with Gasteiger partial charge in [-0.15, -0.1) is 0 Å². The number of phosphoric acid groups is 1. The van der Waals surface area contributed by atoms with Gasteiger partial charge in [0.2, 0.25) is 0 Å². The van der Waals surface area contributed by atoms with Crippen molar-refractivity contribution in [2.24, 2.45) is 29.6 Å². The molecule has 1 fully saturated rings. The Morgan fingerprint density at radius 3 is 1.40 bits per heavy atom. The quantitative estimate of drug-likeness (QED) is 0.0365. The van der Waals surface area contributed by atoms with Crippen LogP contribution < -0.4 is 0 Å². The van der Waals surface area contributed by atoms with Crippen molar-refractivity contribution in [3.8, 4) is 0 Å². The molecule has 0 aliphatic carbocycles. The minimum atomic E-state index is -4.58. The Kier molecular flexibility index (Phi) is 25.5. The summed E-state index contributed by atoms with van der Waals surface area (Å²) >= 11 is 0. The van der Waals surface area contributed by atoms with E-state index in [0.29, 0.717) is 12.3 Å². The molecule has 288 valence electrons. The van der Waals surface area contributed by atoms with Crippen LogP contribution in [0.15, 0.2) is 0 Å². The van der Waals surface area contributed by atoms with E-state index in [4.69, 9.17) is 13.8 Å². The van der Waals surface area contributed by atoms with E-state index < -0.39 is 45.1 Å². The van der Waals surface area contributed by atoms with Crippen LogP contribution in [0, 0.1) is 29.6 Å². The van der Waals surface area contributed by atoms with Crippen LogP contribution in [0.2, 0.25) is 0 Å². The number of hydrogen-bond acceptors (Lipinski definition) is 8. The van der Waals surface area contributed by atoms with Crippen molar-refractivity contribution < 1.29 is 43.7 Å². The minimum absolute atomic E-state index is 0.00161. The van der Waals surface area contributed by atoms with Crippen molar-refractivity contribution >= 4 is 7.82 Å². The van der Waals surface area contributed by atoms with Crippen molar-refractivity contribution in [2.75, 3.05) is 13.2 Å². The Balaban J connectivity index is 2.06. The second kappa shape index (κ2) is 26.7. The summed E-state index contributed by atoms with van der Waals surface area (Å²) < 4.78 is 27.4. The lowest BCUT2D eigenvalue weighted by Gasteiger charge is -2.39. The monoisotopic (exact) mass is 709 g/mol. The molecule has 9 nitrogen and oxygen atoms in total. The predicted octanol–water partition coefficient (Wildman–Crippen LogP) is 8.92. The number of aliphatic hydroxyl groups excluding tert-OH is 4. The summed E-state index contributed by atoms with van der Waals surface area (Å²) in [5.41, 5.74) is 0. The molecule has 0 aromatic rings. The van der Waals surface area contributed by atoms with Gasteiger partial charge in [-0.3, -0.25) is 9.05 Å². The van der Waals surface area contributed by atoms with Crippen LogP contribution in [-0.4, -0.2) is 69.2 Å². The Bertz CT molecular complexity index is 815. The lowest BCUT2D eigenvalue weighted by atomic mass is 9.89. The van der Waals surface area contributed by atoms with E-state index in [2.05, 4.69) is 41.5 Å². The third kappa shape index (κ3) is 21.3. The highest BCUT2D eigenvalue weighted by Crippen LogP contribution is 2.46. The molecule has 0 spiro atoms. The smallest absolute Gasteiger partial charge is 0.394 e. The van der Waals surface area contributed by atoms with Gasteiger partial charge < -0.3 is 30.1 Å². The zero-order valence-electron chi connectivity index (χ0n) is 31.6. The maximum atomic E-state index is 12.3. The van der Waals surface area contributed by atoms with Gasteiger partial charge in [0.25, 0.3) is 0 Å². The summed E-state index contributed by atoms with van der Waals surface area (Å²) in [5, 5.41) is 38.9. The molecule has 6 unspecified atom stereocenters. The molecule has 0 amide bonds. The Hall–Kier alpha value is -0.0900. The van der Waals surface area contributed by atoms with Crippen LogP contribution >= 0.6 is 7.82 Å². The van der Waals surface area contributed by atoms with E-state index in [1.807, 2.05) is 0 Å². The van der Waals surface area contributed by atoms with Gasteiger partial charge >= 0.3 is 7.82 Å². The minimum Gasteiger partial charge on any atom is -0.394 e. The fourth-order valence-electron chi connectivity index (χ4n) is 7.00. The van der Waals surface area contributed by atoms with Gasteiger partial charge in [-0.25, -0.2) is 4.57 Å². The lowest BCUT2D eigenvalue weighted by molar-refractivity contribution is -0.281. The van der Waals surface area contributed by atoms with Gasteiger partial charge in [0.05, 0.1) is 13.2 Å². The van der Waals surface area contributed by atoms with Crippen LogP contribution in [-0.2, 0) is 18.3 Å². The second-order valence-electron chi connectivity index (χ2n) is 15.7. The van der Waals surface area contributed by atoms with E-state index >= 15 is 0 Å². The summed E-state index contributed by atoms with van der Waals surface area (Å²) in [7, 11) is -4.58. The fourth-order valence-corrected chi connectivity index (χ4v) is 7.86. The predicted molar refractivity (Wildman–Crippen MR) is 194 cm³/mol. The van der Waals surface area contributed by atoms with Crippen LogP contribution in [0.3, 0.4) is 0 Å². The van der Waals surface area contributed by atoms with Crippen molar-refractivity contribution in [1.29, 1.82) is 0 Å². The van der Waals surface area contributed by atoms with E-state index in [1.54, 1.807) is 0 Å². The van der Waals surface area contributed by atoms with Crippen LogP contribution in [0.5, 0.6) is 0 Å². The van der Waals surface area contributed by atoms with Gasteiger partial charge in [-0.05, 0) is 42.4 Å². The average Bonchev–Trinajstić information content (AvgIpc) is 3.03. The molecule has 0 aromatic heterocycles. The standard InChI is InChI=1S/C38H77O9P/c1-7-8-9-10-11-17-29(2)18-12-19-30(3)20-13-21-31(4)22-14-23-32(5)24-15-25-33(6)26-16-27-45-48(43,44)47-38-37(42)36(41)35(40)34(28-39)46-38/h29-42H,7-28H2,1-6H3,(H,43,44)/t29?,30?,31?,32?,33?,34-,35-,36+,37+,38+/m1/s1. The maximum absolute atomic E-state index is 12.3. The van der Waals surface area contributed by atoms with Crippen molar-refractivity contribution in [2.45, 2.75) is 201 Å². The molecule has 10 heteroatoms. The van der Waals surface area contributed by atoms with E-state index in [0.717, 1.165) is 36.5 Å². The van der Waals surface area contributed by atoms with Gasteiger partial charge in [0.15, 0.2) is 6.29 Å². The number of aliphatic hydroxyl groups is 4. The maximum Gasteiger partial charge on any atom is 0.474 e. The van der Waals surface area contributed by atoms with Crippen molar-refractivity contribution in [1.82, 2.24) is 0 Å². The van der Waals surface area contributed by atoms with Gasteiger partial charge in [0.1, 0.15) is 24.4 Å².